The zero-order valence-electron chi connectivity index (χ0n) is 11.5. The Hall–Kier alpha value is -1.63. The fraction of sp³-hybridized carbons (Fsp3) is 0.429. The normalized spacial score (nSPS) is 17.2. The molecule has 114 valence electrons. The first-order chi connectivity index (χ1) is 9.98. The van der Waals surface area contributed by atoms with Crippen molar-refractivity contribution < 1.29 is 14.3 Å². The fourth-order valence-corrected chi connectivity index (χ4v) is 2.55. The number of carbonyl (C=O) groups excluding carboxylic acids is 2. The summed E-state index contributed by atoms with van der Waals surface area (Å²) in [6, 6.07) is 4.61. The van der Waals surface area contributed by atoms with E-state index in [-0.39, 0.29) is 23.0 Å². The number of halogens is 1. The van der Waals surface area contributed by atoms with Gasteiger partial charge in [0, 0.05) is 25.4 Å². The summed E-state index contributed by atoms with van der Waals surface area (Å²) in [4.78, 5) is 23.8. The van der Waals surface area contributed by atoms with Gasteiger partial charge in [0.15, 0.2) is 0 Å². The molecule has 1 saturated heterocycles. The second-order valence-electron chi connectivity index (χ2n) is 5.11. The summed E-state index contributed by atoms with van der Waals surface area (Å²) in [5, 5.41) is 3.04. The molecule has 1 aromatic carbocycles. The van der Waals surface area contributed by atoms with Crippen molar-refractivity contribution >= 4 is 29.1 Å². The molecule has 0 saturated carbocycles. The lowest BCUT2D eigenvalue weighted by Crippen LogP contribution is -2.46. The third-order valence-electron chi connectivity index (χ3n) is 3.81. The van der Waals surface area contributed by atoms with E-state index in [9.17, 15) is 9.59 Å². The summed E-state index contributed by atoms with van der Waals surface area (Å²) in [5.41, 5.74) is 11.0. The molecule has 6 nitrogen and oxygen atoms in total. The van der Waals surface area contributed by atoms with Gasteiger partial charge < -0.3 is 21.5 Å². The number of ether oxygens (including phenoxy) is 1. The molecule has 0 bridgehead atoms. The molecule has 0 radical (unpaired) electrons. The zero-order valence-corrected chi connectivity index (χ0v) is 12.3. The van der Waals surface area contributed by atoms with Gasteiger partial charge in [-0.2, -0.15) is 0 Å². The molecule has 0 unspecified atom stereocenters. The summed E-state index contributed by atoms with van der Waals surface area (Å²) >= 11 is 5.88. The van der Waals surface area contributed by atoms with Gasteiger partial charge in [-0.05, 0) is 31.0 Å². The van der Waals surface area contributed by atoms with E-state index in [1.807, 2.05) is 0 Å². The molecule has 2 rings (SSSR count). The molecule has 5 N–H and O–H groups in total. The number of hydrogen-bond acceptors (Lipinski definition) is 4. The number of hydrogen-bond donors (Lipinski definition) is 3. The first kappa shape index (κ1) is 15.8. The van der Waals surface area contributed by atoms with Crippen LogP contribution in [-0.4, -0.2) is 31.6 Å². The number of amides is 2. The average Bonchev–Trinajstić information content (AvgIpc) is 2.49. The maximum absolute atomic E-state index is 12.5. The predicted octanol–water partition coefficient (Wildman–Crippen LogP) is 1.13. The van der Waals surface area contributed by atoms with Crippen molar-refractivity contribution in [2.45, 2.75) is 12.8 Å². The Morgan fingerprint density at radius 1 is 1.33 bits per heavy atom. The van der Waals surface area contributed by atoms with Crippen LogP contribution < -0.4 is 16.8 Å². The number of anilines is 1. The van der Waals surface area contributed by atoms with Crippen molar-refractivity contribution in [2.24, 2.45) is 16.9 Å². The van der Waals surface area contributed by atoms with Crippen molar-refractivity contribution in [1.29, 1.82) is 0 Å². The van der Waals surface area contributed by atoms with Crippen molar-refractivity contribution in [1.82, 2.24) is 0 Å². The molecule has 0 aliphatic carbocycles. The van der Waals surface area contributed by atoms with Gasteiger partial charge in [-0.3, -0.25) is 9.59 Å². The van der Waals surface area contributed by atoms with E-state index < -0.39 is 11.3 Å². The highest BCUT2D eigenvalue weighted by Crippen LogP contribution is 2.31. The van der Waals surface area contributed by atoms with Crippen LogP contribution in [0.25, 0.3) is 0 Å². The molecule has 0 spiro atoms. The predicted molar refractivity (Wildman–Crippen MR) is 80.1 cm³/mol. The maximum atomic E-state index is 12.5. The Kier molecular flexibility index (Phi) is 4.82. The van der Waals surface area contributed by atoms with Crippen molar-refractivity contribution in [2.75, 3.05) is 25.1 Å². The van der Waals surface area contributed by atoms with Gasteiger partial charge in [-0.15, -0.1) is 0 Å². The van der Waals surface area contributed by atoms with Gasteiger partial charge in [0.05, 0.1) is 16.0 Å². The van der Waals surface area contributed by atoms with E-state index in [0.29, 0.717) is 31.7 Å². The first-order valence-electron chi connectivity index (χ1n) is 6.67. The Balaban J connectivity index is 2.19. The third-order valence-corrected chi connectivity index (χ3v) is 4.14. The smallest absolute Gasteiger partial charge is 0.250 e. The van der Waals surface area contributed by atoms with Crippen molar-refractivity contribution in [3.05, 3.63) is 28.8 Å². The summed E-state index contributed by atoms with van der Waals surface area (Å²) in [6.07, 6.45) is 1.15. The standard InChI is InChI=1S/C14H18ClN3O3/c15-11-2-1-9(7-10(11)12(17)19)18-13(20)14(8-16)3-5-21-6-4-14/h1-2,7H,3-6,8,16H2,(H2,17,19)(H,18,20). The van der Waals surface area contributed by atoms with E-state index in [1.54, 1.807) is 6.07 Å². The molecule has 21 heavy (non-hydrogen) atoms. The highest BCUT2D eigenvalue weighted by atomic mass is 35.5. The lowest BCUT2D eigenvalue weighted by Gasteiger charge is -2.34. The Morgan fingerprint density at radius 2 is 2.00 bits per heavy atom. The molecular weight excluding hydrogens is 294 g/mol. The van der Waals surface area contributed by atoms with Crippen LogP contribution in [0.2, 0.25) is 5.02 Å². The number of nitrogens with two attached hydrogens (primary N) is 2. The quantitative estimate of drug-likeness (QED) is 0.774. The number of nitrogens with one attached hydrogen (secondary N) is 1. The van der Waals surface area contributed by atoms with Crippen molar-refractivity contribution in [3.8, 4) is 0 Å². The topological polar surface area (TPSA) is 107 Å². The number of rotatable bonds is 4. The second-order valence-corrected chi connectivity index (χ2v) is 5.52. The van der Waals surface area contributed by atoms with Gasteiger partial charge in [-0.1, -0.05) is 11.6 Å². The largest absolute Gasteiger partial charge is 0.381 e. The Morgan fingerprint density at radius 3 is 2.57 bits per heavy atom. The second kappa shape index (κ2) is 6.43. The molecule has 2 amide bonds. The minimum Gasteiger partial charge on any atom is -0.381 e. The molecule has 7 heteroatoms. The van der Waals surface area contributed by atoms with Crippen molar-refractivity contribution in [3.63, 3.8) is 0 Å². The molecule has 1 aliphatic heterocycles. The highest BCUT2D eigenvalue weighted by molar-refractivity contribution is 6.34. The van der Waals surface area contributed by atoms with Crippen LogP contribution in [0.15, 0.2) is 18.2 Å². The Bertz CT molecular complexity index is 556. The van der Waals surface area contributed by atoms with Crippen LogP contribution in [0.1, 0.15) is 23.2 Å². The van der Waals surface area contributed by atoms with Gasteiger partial charge >= 0.3 is 0 Å². The van der Waals surface area contributed by atoms with Gasteiger partial charge in [0.1, 0.15) is 0 Å². The van der Waals surface area contributed by atoms with E-state index in [1.165, 1.54) is 12.1 Å². The van der Waals surface area contributed by atoms with Gasteiger partial charge in [0.25, 0.3) is 0 Å². The van der Waals surface area contributed by atoms with Gasteiger partial charge in [0.2, 0.25) is 11.8 Å². The summed E-state index contributed by atoms with van der Waals surface area (Å²) in [7, 11) is 0. The van der Waals surface area contributed by atoms with E-state index in [0.717, 1.165) is 0 Å². The zero-order chi connectivity index (χ0) is 15.5. The number of carbonyl (C=O) groups is 2. The molecular formula is C14H18ClN3O3. The molecule has 1 fully saturated rings. The molecule has 1 aliphatic rings. The summed E-state index contributed by atoms with van der Waals surface area (Å²) in [6.45, 7) is 1.27. The lowest BCUT2D eigenvalue weighted by atomic mass is 9.79. The van der Waals surface area contributed by atoms with Crippen LogP contribution in [0.4, 0.5) is 5.69 Å². The molecule has 0 aromatic heterocycles. The monoisotopic (exact) mass is 311 g/mol. The molecule has 1 heterocycles. The molecule has 1 aromatic rings. The fourth-order valence-electron chi connectivity index (χ4n) is 2.34. The average molecular weight is 312 g/mol. The minimum atomic E-state index is -0.643. The highest BCUT2D eigenvalue weighted by Gasteiger charge is 2.38. The third kappa shape index (κ3) is 3.34. The molecule has 0 atom stereocenters. The first-order valence-corrected chi connectivity index (χ1v) is 7.05. The van der Waals surface area contributed by atoms with Gasteiger partial charge in [-0.25, -0.2) is 0 Å². The summed E-state index contributed by atoms with van der Waals surface area (Å²) in [5.74, 6) is -0.818. The van der Waals surface area contributed by atoms with Crippen LogP contribution >= 0.6 is 11.6 Å². The summed E-state index contributed by atoms with van der Waals surface area (Å²) < 4.78 is 5.28. The van der Waals surface area contributed by atoms with Crippen LogP contribution in [0.3, 0.4) is 0 Å². The van der Waals surface area contributed by atoms with Crippen LogP contribution in [-0.2, 0) is 9.53 Å². The van der Waals surface area contributed by atoms with Crippen LogP contribution in [0, 0.1) is 5.41 Å². The van der Waals surface area contributed by atoms with E-state index >= 15 is 0 Å². The SMILES string of the molecule is NCC1(C(=O)Nc2ccc(Cl)c(C(N)=O)c2)CCOCC1. The minimum absolute atomic E-state index is 0.170. The lowest BCUT2D eigenvalue weighted by molar-refractivity contribution is -0.130. The van der Waals surface area contributed by atoms with E-state index in [4.69, 9.17) is 27.8 Å². The maximum Gasteiger partial charge on any atom is 0.250 e. The number of primary amides is 1. The number of benzene rings is 1. The Labute approximate surface area is 127 Å². The van der Waals surface area contributed by atoms with E-state index in [2.05, 4.69) is 5.32 Å². The van der Waals surface area contributed by atoms with Crippen LogP contribution in [0.5, 0.6) is 0 Å².